The lowest BCUT2D eigenvalue weighted by Crippen LogP contribution is -2.34. The van der Waals surface area contributed by atoms with E-state index in [1.807, 2.05) is 13.0 Å². The van der Waals surface area contributed by atoms with Crippen LogP contribution in [0.4, 0.5) is 0 Å². The maximum Gasteiger partial charge on any atom is 0.336 e. The van der Waals surface area contributed by atoms with Gasteiger partial charge in [0.25, 0.3) is 0 Å². The quantitative estimate of drug-likeness (QED) is 0.455. The van der Waals surface area contributed by atoms with E-state index < -0.39 is 36.7 Å². The van der Waals surface area contributed by atoms with Crippen molar-refractivity contribution in [3.05, 3.63) is 47.6 Å². The topological polar surface area (TPSA) is 93.1 Å². The van der Waals surface area contributed by atoms with Crippen molar-refractivity contribution in [1.29, 1.82) is 0 Å². The molecule has 1 aliphatic carbocycles. The zero-order valence-corrected chi connectivity index (χ0v) is 14.4. The minimum atomic E-state index is -0.713. The third kappa shape index (κ3) is 4.46. The van der Waals surface area contributed by atoms with Crippen LogP contribution in [-0.4, -0.2) is 47.6 Å². The third-order valence-electron chi connectivity index (χ3n) is 4.48. The Hall–Kier alpha value is -2.18. The average molecular weight is 348 g/mol. The molecule has 1 heterocycles. The molecule has 1 saturated heterocycles. The number of fused-ring (bicyclic) bond motifs is 1. The first-order chi connectivity index (χ1) is 11.9. The van der Waals surface area contributed by atoms with Gasteiger partial charge in [-0.1, -0.05) is 24.8 Å². The van der Waals surface area contributed by atoms with Crippen LogP contribution < -0.4 is 0 Å². The molecule has 0 aromatic rings. The summed E-state index contributed by atoms with van der Waals surface area (Å²) in [5, 5.41) is 18.6. The summed E-state index contributed by atoms with van der Waals surface area (Å²) in [7, 11) is 0. The highest BCUT2D eigenvalue weighted by atomic mass is 16.6. The van der Waals surface area contributed by atoms with E-state index in [0.29, 0.717) is 12.8 Å². The lowest BCUT2D eigenvalue weighted by Gasteiger charge is -2.27. The van der Waals surface area contributed by atoms with E-state index in [1.54, 1.807) is 6.08 Å². The second kappa shape index (κ2) is 8.27. The third-order valence-corrected chi connectivity index (χ3v) is 4.48. The number of ether oxygens (including phenoxy) is 2. The Labute approximate surface area is 147 Å². The van der Waals surface area contributed by atoms with E-state index in [9.17, 15) is 14.7 Å². The molecule has 2 unspecified atom stereocenters. The van der Waals surface area contributed by atoms with Crippen molar-refractivity contribution in [2.24, 2.45) is 5.92 Å². The van der Waals surface area contributed by atoms with Gasteiger partial charge in [0.2, 0.25) is 0 Å². The van der Waals surface area contributed by atoms with Gasteiger partial charge >= 0.3 is 11.9 Å². The Morgan fingerprint density at radius 3 is 2.80 bits per heavy atom. The lowest BCUT2D eigenvalue weighted by atomic mass is 9.85. The normalized spacial score (nSPS) is 31.1. The molecule has 2 aliphatic rings. The molecule has 6 nitrogen and oxygen atoms in total. The van der Waals surface area contributed by atoms with E-state index >= 15 is 0 Å². The van der Waals surface area contributed by atoms with Gasteiger partial charge in [0.1, 0.15) is 12.2 Å². The van der Waals surface area contributed by atoms with E-state index in [0.717, 1.165) is 17.6 Å². The Morgan fingerprint density at radius 1 is 1.44 bits per heavy atom. The Kier molecular flexibility index (Phi) is 6.33. The summed E-state index contributed by atoms with van der Waals surface area (Å²) in [6.45, 7) is 8.55. The molecule has 136 valence electrons. The van der Waals surface area contributed by atoms with Gasteiger partial charge in [-0.15, -0.1) is 0 Å². The number of carbonyl (C=O) groups excluding carboxylic acids is 2. The Morgan fingerprint density at radius 2 is 2.16 bits per heavy atom. The zero-order valence-electron chi connectivity index (χ0n) is 14.4. The number of hydrogen-bond donors (Lipinski definition) is 2. The van der Waals surface area contributed by atoms with Crippen molar-refractivity contribution in [3.63, 3.8) is 0 Å². The first kappa shape index (κ1) is 19.1. The van der Waals surface area contributed by atoms with Gasteiger partial charge in [-0.25, -0.2) is 9.59 Å². The maximum absolute atomic E-state index is 12.1. The Bertz CT molecular complexity index is 642. The highest BCUT2D eigenvalue weighted by Crippen LogP contribution is 2.36. The molecular weight excluding hydrogens is 324 g/mol. The van der Waals surface area contributed by atoms with E-state index in [1.165, 1.54) is 0 Å². The van der Waals surface area contributed by atoms with Crippen LogP contribution in [0.25, 0.3) is 0 Å². The maximum atomic E-state index is 12.1. The second-order valence-corrected chi connectivity index (χ2v) is 6.40. The van der Waals surface area contributed by atoms with Crippen LogP contribution in [-0.2, 0) is 19.1 Å². The molecule has 6 heteroatoms. The Balaban J connectivity index is 2.38. The largest absolute Gasteiger partial charge is 0.458 e. The predicted octanol–water partition coefficient (Wildman–Crippen LogP) is 1.59. The highest BCUT2D eigenvalue weighted by molar-refractivity contribution is 5.92. The number of aliphatic hydroxyl groups is 2. The van der Waals surface area contributed by atoms with Crippen LogP contribution >= 0.6 is 0 Å². The number of allylic oxidation sites excluding steroid dienone is 1. The molecule has 1 fully saturated rings. The van der Waals surface area contributed by atoms with E-state index in [2.05, 4.69) is 13.2 Å². The first-order valence-electron chi connectivity index (χ1n) is 8.22. The van der Waals surface area contributed by atoms with Crippen LogP contribution in [0.15, 0.2) is 47.6 Å². The van der Waals surface area contributed by atoms with Gasteiger partial charge in [-0.3, -0.25) is 0 Å². The number of aliphatic hydroxyl groups excluding tert-OH is 2. The van der Waals surface area contributed by atoms with Crippen LogP contribution in [0.3, 0.4) is 0 Å². The molecule has 0 aromatic heterocycles. The fourth-order valence-corrected chi connectivity index (χ4v) is 3.06. The number of carbonyl (C=O) groups is 2. The van der Waals surface area contributed by atoms with Crippen molar-refractivity contribution in [2.75, 3.05) is 13.2 Å². The summed E-state index contributed by atoms with van der Waals surface area (Å²) in [6, 6.07) is 0. The van der Waals surface area contributed by atoms with Gasteiger partial charge in [-0.2, -0.15) is 0 Å². The molecule has 3 atom stereocenters. The molecule has 0 saturated carbocycles. The molecule has 1 aliphatic heterocycles. The van der Waals surface area contributed by atoms with Gasteiger partial charge in [0.15, 0.2) is 0 Å². The van der Waals surface area contributed by atoms with Crippen LogP contribution in [0.1, 0.15) is 26.2 Å². The molecular formula is C19H24O6. The van der Waals surface area contributed by atoms with Crippen molar-refractivity contribution < 1.29 is 29.3 Å². The zero-order chi connectivity index (χ0) is 18.6. The lowest BCUT2D eigenvalue weighted by molar-refractivity contribution is -0.147. The molecule has 0 aromatic carbocycles. The van der Waals surface area contributed by atoms with Gasteiger partial charge in [0.05, 0.1) is 24.7 Å². The molecule has 2 rings (SSSR count). The summed E-state index contributed by atoms with van der Waals surface area (Å²) in [6.07, 6.45) is 4.23. The van der Waals surface area contributed by atoms with Gasteiger partial charge in [-0.05, 0) is 31.4 Å². The minimum absolute atomic E-state index is 0.0577. The summed E-state index contributed by atoms with van der Waals surface area (Å²) in [5.74, 6) is -1.80. The second-order valence-electron chi connectivity index (χ2n) is 6.40. The van der Waals surface area contributed by atoms with Crippen LogP contribution in [0, 0.1) is 5.92 Å². The summed E-state index contributed by atoms with van der Waals surface area (Å²) in [4.78, 5) is 24.1. The molecule has 0 amide bonds. The highest BCUT2D eigenvalue weighted by Gasteiger charge is 2.44. The monoisotopic (exact) mass is 348 g/mol. The smallest absolute Gasteiger partial charge is 0.336 e. The number of hydrogen-bond acceptors (Lipinski definition) is 6. The number of rotatable bonds is 4. The standard InChI is InChI=1S/C19H24O6/c1-11-5-4-6-14(10-21)8-16-17(13(3)19(23)25-16)15(7-11)24-18(22)12(2)9-20/h5,8,15-17,20-21H,2-4,6-7,9-10H2,1H3/b11-5+,14-8-/t15?,16?,17-/m1/s1. The van der Waals surface area contributed by atoms with Crippen molar-refractivity contribution in [2.45, 2.75) is 38.4 Å². The van der Waals surface area contributed by atoms with Crippen LogP contribution in [0.5, 0.6) is 0 Å². The SMILES string of the molecule is C=C(CO)C(=O)OC1C/C(C)=C/CC/C(CO)=C/C2OC(=O)C(=C)[C@@H]21. The van der Waals surface area contributed by atoms with Crippen molar-refractivity contribution in [1.82, 2.24) is 0 Å². The van der Waals surface area contributed by atoms with Crippen molar-refractivity contribution >= 4 is 11.9 Å². The first-order valence-corrected chi connectivity index (χ1v) is 8.22. The fraction of sp³-hybridized carbons (Fsp3) is 0.474. The number of esters is 2. The summed E-state index contributed by atoms with van der Waals surface area (Å²) >= 11 is 0. The predicted molar refractivity (Wildman–Crippen MR) is 91.4 cm³/mol. The molecule has 0 bridgehead atoms. The molecule has 2 N–H and O–H groups in total. The van der Waals surface area contributed by atoms with Gasteiger partial charge in [0, 0.05) is 12.0 Å². The van der Waals surface area contributed by atoms with Gasteiger partial charge < -0.3 is 19.7 Å². The average Bonchev–Trinajstić information content (AvgIpc) is 2.86. The fourth-order valence-electron chi connectivity index (χ4n) is 3.06. The van der Waals surface area contributed by atoms with E-state index in [-0.39, 0.29) is 17.8 Å². The molecule has 25 heavy (non-hydrogen) atoms. The molecule has 0 radical (unpaired) electrons. The summed E-state index contributed by atoms with van der Waals surface area (Å²) < 4.78 is 10.9. The van der Waals surface area contributed by atoms with Crippen LogP contribution in [0.2, 0.25) is 0 Å². The molecule has 0 spiro atoms. The summed E-state index contributed by atoms with van der Waals surface area (Å²) in [5.41, 5.74) is 1.93. The van der Waals surface area contributed by atoms with E-state index in [4.69, 9.17) is 14.6 Å². The minimum Gasteiger partial charge on any atom is -0.458 e. The van der Waals surface area contributed by atoms with Crippen molar-refractivity contribution in [3.8, 4) is 0 Å².